The molecule has 1 aliphatic rings. The summed E-state index contributed by atoms with van der Waals surface area (Å²) in [5.74, 6) is -0.494. The topological polar surface area (TPSA) is 29.1 Å². The summed E-state index contributed by atoms with van der Waals surface area (Å²) >= 11 is 0. The molecule has 1 aromatic carbocycles. The molecule has 17 heavy (non-hydrogen) atoms. The SMILES string of the molecule is CC1CC1C(=O)NCCc1ccc(F)cc1F. The summed E-state index contributed by atoms with van der Waals surface area (Å²) in [7, 11) is 0. The van der Waals surface area contributed by atoms with Gasteiger partial charge in [-0.2, -0.15) is 0 Å². The fourth-order valence-corrected chi connectivity index (χ4v) is 1.86. The molecule has 0 radical (unpaired) electrons. The summed E-state index contributed by atoms with van der Waals surface area (Å²) in [6.45, 7) is 2.43. The first-order valence-electron chi connectivity index (χ1n) is 5.79. The molecule has 0 aromatic heterocycles. The minimum Gasteiger partial charge on any atom is -0.356 e. The summed E-state index contributed by atoms with van der Waals surface area (Å²) in [6.07, 6.45) is 1.33. The highest BCUT2D eigenvalue weighted by molar-refractivity contribution is 5.81. The van der Waals surface area contributed by atoms with Crippen LogP contribution in [0.2, 0.25) is 0 Å². The second-order valence-electron chi connectivity index (χ2n) is 4.60. The van der Waals surface area contributed by atoms with E-state index in [-0.39, 0.29) is 11.8 Å². The van der Waals surface area contributed by atoms with E-state index in [4.69, 9.17) is 0 Å². The van der Waals surface area contributed by atoms with Gasteiger partial charge in [0.15, 0.2) is 0 Å². The van der Waals surface area contributed by atoms with Crippen molar-refractivity contribution in [1.29, 1.82) is 0 Å². The monoisotopic (exact) mass is 239 g/mol. The van der Waals surface area contributed by atoms with Gasteiger partial charge >= 0.3 is 0 Å². The molecule has 1 aromatic rings. The van der Waals surface area contributed by atoms with Crippen LogP contribution in [0.4, 0.5) is 8.78 Å². The lowest BCUT2D eigenvalue weighted by Gasteiger charge is -2.05. The summed E-state index contributed by atoms with van der Waals surface area (Å²) in [5.41, 5.74) is 0.426. The Labute approximate surface area is 99.0 Å². The van der Waals surface area contributed by atoms with E-state index in [9.17, 15) is 13.6 Å². The summed E-state index contributed by atoms with van der Waals surface area (Å²) in [6, 6.07) is 3.50. The molecule has 1 saturated carbocycles. The van der Waals surface area contributed by atoms with E-state index in [1.54, 1.807) is 0 Å². The predicted molar refractivity (Wildman–Crippen MR) is 60.3 cm³/mol. The predicted octanol–water partition coefficient (Wildman–Crippen LogP) is 2.28. The van der Waals surface area contributed by atoms with Gasteiger partial charge in [0.25, 0.3) is 0 Å². The van der Waals surface area contributed by atoms with Crippen LogP contribution in [0, 0.1) is 23.5 Å². The molecule has 0 heterocycles. The molecule has 2 unspecified atom stereocenters. The van der Waals surface area contributed by atoms with E-state index in [0.29, 0.717) is 24.4 Å². The van der Waals surface area contributed by atoms with Gasteiger partial charge in [0.05, 0.1) is 0 Å². The normalized spacial score (nSPS) is 22.3. The average Bonchev–Trinajstić information content (AvgIpc) is 2.99. The van der Waals surface area contributed by atoms with E-state index in [1.807, 2.05) is 6.92 Å². The third-order valence-corrected chi connectivity index (χ3v) is 3.15. The van der Waals surface area contributed by atoms with Crippen molar-refractivity contribution in [3.05, 3.63) is 35.4 Å². The fraction of sp³-hybridized carbons (Fsp3) is 0.462. The molecule has 4 heteroatoms. The summed E-state index contributed by atoms with van der Waals surface area (Å²) in [5, 5.41) is 2.77. The van der Waals surface area contributed by atoms with Crippen molar-refractivity contribution < 1.29 is 13.6 Å². The van der Waals surface area contributed by atoms with E-state index >= 15 is 0 Å². The summed E-state index contributed by atoms with van der Waals surface area (Å²) < 4.78 is 25.9. The highest BCUT2D eigenvalue weighted by atomic mass is 19.1. The van der Waals surface area contributed by atoms with Crippen LogP contribution in [-0.2, 0) is 11.2 Å². The van der Waals surface area contributed by atoms with E-state index < -0.39 is 11.6 Å². The molecular weight excluding hydrogens is 224 g/mol. The fourth-order valence-electron chi connectivity index (χ4n) is 1.86. The number of hydrogen-bond donors (Lipinski definition) is 1. The molecule has 2 rings (SSSR count). The van der Waals surface area contributed by atoms with Gasteiger partial charge in [0, 0.05) is 18.5 Å². The van der Waals surface area contributed by atoms with Gasteiger partial charge in [-0.05, 0) is 30.4 Å². The maximum Gasteiger partial charge on any atom is 0.223 e. The average molecular weight is 239 g/mol. The Balaban J connectivity index is 1.80. The Kier molecular flexibility index (Phi) is 3.41. The number of nitrogens with one attached hydrogen (secondary N) is 1. The van der Waals surface area contributed by atoms with Crippen LogP contribution in [0.15, 0.2) is 18.2 Å². The summed E-state index contributed by atoms with van der Waals surface area (Å²) in [4.78, 5) is 11.5. The van der Waals surface area contributed by atoms with Crippen LogP contribution in [0.3, 0.4) is 0 Å². The Hall–Kier alpha value is -1.45. The number of rotatable bonds is 4. The second kappa shape index (κ2) is 4.82. The molecular formula is C13H15F2NO. The van der Waals surface area contributed by atoms with Crippen molar-refractivity contribution >= 4 is 5.91 Å². The lowest BCUT2D eigenvalue weighted by Crippen LogP contribution is -2.27. The first kappa shape index (κ1) is 12.0. The highest BCUT2D eigenvalue weighted by Gasteiger charge is 2.38. The van der Waals surface area contributed by atoms with E-state index in [2.05, 4.69) is 5.32 Å². The molecule has 2 nitrogen and oxygen atoms in total. The maximum atomic E-state index is 13.3. The minimum absolute atomic E-state index is 0.0417. The van der Waals surface area contributed by atoms with Gasteiger partial charge < -0.3 is 5.32 Å². The van der Waals surface area contributed by atoms with Crippen molar-refractivity contribution in [2.45, 2.75) is 19.8 Å². The van der Waals surface area contributed by atoms with Crippen molar-refractivity contribution in [3.8, 4) is 0 Å². The molecule has 0 bridgehead atoms. The van der Waals surface area contributed by atoms with Crippen LogP contribution in [0.5, 0.6) is 0 Å². The van der Waals surface area contributed by atoms with Crippen LogP contribution < -0.4 is 5.32 Å². The first-order chi connectivity index (χ1) is 8.08. The molecule has 1 N–H and O–H groups in total. The van der Waals surface area contributed by atoms with Crippen LogP contribution in [-0.4, -0.2) is 12.5 Å². The molecule has 0 spiro atoms. The van der Waals surface area contributed by atoms with Gasteiger partial charge in [-0.1, -0.05) is 13.0 Å². The zero-order valence-corrected chi connectivity index (χ0v) is 9.67. The number of halogens is 2. The Morgan fingerprint density at radius 2 is 2.18 bits per heavy atom. The molecule has 1 aliphatic carbocycles. The molecule has 2 atom stereocenters. The second-order valence-corrected chi connectivity index (χ2v) is 4.60. The van der Waals surface area contributed by atoms with Crippen LogP contribution >= 0.6 is 0 Å². The number of carbonyl (C=O) groups excluding carboxylic acids is 1. The van der Waals surface area contributed by atoms with Gasteiger partial charge in [0.1, 0.15) is 11.6 Å². The Morgan fingerprint density at radius 1 is 1.47 bits per heavy atom. The maximum absolute atomic E-state index is 13.3. The first-order valence-corrected chi connectivity index (χ1v) is 5.79. The standard InChI is InChI=1S/C13H15F2NO/c1-8-6-11(8)13(17)16-5-4-9-2-3-10(14)7-12(9)15/h2-3,7-8,11H,4-6H2,1H3,(H,16,17). The largest absolute Gasteiger partial charge is 0.356 e. The number of benzene rings is 1. The van der Waals surface area contributed by atoms with Crippen molar-refractivity contribution in [3.63, 3.8) is 0 Å². The van der Waals surface area contributed by atoms with Gasteiger partial charge in [-0.25, -0.2) is 8.78 Å². The Morgan fingerprint density at radius 3 is 2.76 bits per heavy atom. The van der Waals surface area contributed by atoms with Gasteiger partial charge in [-0.15, -0.1) is 0 Å². The van der Waals surface area contributed by atoms with Crippen molar-refractivity contribution in [1.82, 2.24) is 5.32 Å². The molecule has 0 saturated heterocycles. The van der Waals surface area contributed by atoms with Crippen molar-refractivity contribution in [2.75, 3.05) is 6.54 Å². The van der Waals surface area contributed by atoms with Gasteiger partial charge in [-0.3, -0.25) is 4.79 Å². The van der Waals surface area contributed by atoms with Gasteiger partial charge in [0.2, 0.25) is 5.91 Å². The highest BCUT2D eigenvalue weighted by Crippen LogP contribution is 2.37. The van der Waals surface area contributed by atoms with Crippen LogP contribution in [0.25, 0.3) is 0 Å². The number of hydrogen-bond acceptors (Lipinski definition) is 1. The lowest BCUT2D eigenvalue weighted by atomic mass is 10.1. The third-order valence-electron chi connectivity index (χ3n) is 3.15. The molecule has 1 fully saturated rings. The lowest BCUT2D eigenvalue weighted by molar-refractivity contribution is -0.122. The third kappa shape index (κ3) is 3.02. The van der Waals surface area contributed by atoms with Crippen molar-refractivity contribution in [2.24, 2.45) is 11.8 Å². The quantitative estimate of drug-likeness (QED) is 0.858. The Bertz CT molecular complexity index is 433. The molecule has 0 aliphatic heterocycles. The minimum atomic E-state index is -0.581. The molecule has 92 valence electrons. The van der Waals surface area contributed by atoms with Crippen LogP contribution in [0.1, 0.15) is 18.9 Å². The number of amides is 1. The molecule has 1 amide bonds. The smallest absolute Gasteiger partial charge is 0.223 e. The van der Waals surface area contributed by atoms with E-state index in [0.717, 1.165) is 12.5 Å². The zero-order valence-electron chi connectivity index (χ0n) is 9.67. The van der Waals surface area contributed by atoms with E-state index in [1.165, 1.54) is 12.1 Å². The zero-order chi connectivity index (χ0) is 12.4. The number of carbonyl (C=O) groups is 1.